The molecule has 2 rings (SSSR count). The molecule has 5 nitrogen and oxygen atoms in total. The van der Waals surface area contributed by atoms with E-state index in [4.69, 9.17) is 4.74 Å². The van der Waals surface area contributed by atoms with Crippen molar-refractivity contribution in [1.29, 1.82) is 0 Å². The summed E-state index contributed by atoms with van der Waals surface area (Å²) in [5.41, 5.74) is 4.75. The second-order valence-corrected chi connectivity index (χ2v) is 4.56. The molecule has 0 unspecified atom stereocenters. The molecule has 1 aromatic heterocycles. The number of benzene rings is 1. The molecule has 0 amide bonds. The number of anilines is 1. The van der Waals surface area contributed by atoms with Gasteiger partial charge in [0.25, 0.3) is 0 Å². The highest BCUT2D eigenvalue weighted by Gasteiger charge is 2.07. The number of aryl methyl sites for hydroxylation is 2. The van der Waals surface area contributed by atoms with Gasteiger partial charge in [-0.2, -0.15) is 5.10 Å². The summed E-state index contributed by atoms with van der Waals surface area (Å²) < 4.78 is 4.95. The fourth-order valence-corrected chi connectivity index (χ4v) is 1.96. The lowest BCUT2D eigenvalue weighted by atomic mass is 10.1. The quantitative estimate of drug-likeness (QED) is 0.822. The standard InChI is InChI=1S/C15H19N3O2/c1-4-20-15(19)12-5-7-13(8-6-12)16-9-14-10(2)17-18-11(14)3/h5-8,16H,4,9H2,1-3H3,(H,17,18). The zero-order valence-electron chi connectivity index (χ0n) is 12.0. The first-order chi connectivity index (χ1) is 9.61. The summed E-state index contributed by atoms with van der Waals surface area (Å²) in [6.07, 6.45) is 0. The maximum Gasteiger partial charge on any atom is 0.338 e. The Morgan fingerprint density at radius 1 is 1.30 bits per heavy atom. The number of rotatable bonds is 5. The average molecular weight is 273 g/mol. The van der Waals surface area contributed by atoms with Crippen molar-refractivity contribution in [3.05, 3.63) is 46.8 Å². The number of hydrogen-bond acceptors (Lipinski definition) is 4. The van der Waals surface area contributed by atoms with Crippen LogP contribution in [-0.4, -0.2) is 22.8 Å². The first kappa shape index (κ1) is 14.1. The van der Waals surface area contributed by atoms with Crippen molar-refractivity contribution in [3.63, 3.8) is 0 Å². The van der Waals surface area contributed by atoms with Gasteiger partial charge in [-0.1, -0.05) is 0 Å². The number of ether oxygens (including phenoxy) is 1. The van der Waals surface area contributed by atoms with Crippen LogP contribution in [-0.2, 0) is 11.3 Å². The van der Waals surface area contributed by atoms with Gasteiger partial charge in [-0.3, -0.25) is 5.10 Å². The SMILES string of the molecule is CCOC(=O)c1ccc(NCc2c(C)n[nH]c2C)cc1. The van der Waals surface area contributed by atoms with Crippen LogP contribution in [0.1, 0.15) is 34.2 Å². The topological polar surface area (TPSA) is 67.0 Å². The van der Waals surface area contributed by atoms with Crippen molar-refractivity contribution in [2.45, 2.75) is 27.3 Å². The van der Waals surface area contributed by atoms with E-state index in [0.717, 1.165) is 17.1 Å². The molecular formula is C15H19N3O2. The molecule has 0 radical (unpaired) electrons. The number of H-pyrrole nitrogens is 1. The van der Waals surface area contributed by atoms with E-state index >= 15 is 0 Å². The fraction of sp³-hybridized carbons (Fsp3) is 0.333. The Morgan fingerprint density at radius 2 is 2.00 bits per heavy atom. The van der Waals surface area contributed by atoms with Crippen LogP contribution in [0.15, 0.2) is 24.3 Å². The van der Waals surface area contributed by atoms with E-state index < -0.39 is 0 Å². The highest BCUT2D eigenvalue weighted by molar-refractivity contribution is 5.89. The monoisotopic (exact) mass is 273 g/mol. The van der Waals surface area contributed by atoms with Crippen molar-refractivity contribution < 1.29 is 9.53 Å². The molecule has 5 heteroatoms. The Morgan fingerprint density at radius 3 is 2.55 bits per heavy atom. The van der Waals surface area contributed by atoms with Gasteiger partial charge in [0.05, 0.1) is 17.9 Å². The lowest BCUT2D eigenvalue weighted by molar-refractivity contribution is 0.0526. The zero-order valence-corrected chi connectivity index (χ0v) is 12.0. The van der Waals surface area contributed by atoms with E-state index in [1.807, 2.05) is 26.0 Å². The normalized spacial score (nSPS) is 10.3. The Hall–Kier alpha value is -2.30. The molecule has 106 valence electrons. The molecular weight excluding hydrogens is 254 g/mol. The third-order valence-corrected chi connectivity index (χ3v) is 3.15. The molecule has 0 aliphatic carbocycles. The Balaban J connectivity index is 1.99. The number of nitrogens with one attached hydrogen (secondary N) is 2. The summed E-state index contributed by atoms with van der Waals surface area (Å²) >= 11 is 0. The Bertz CT molecular complexity index is 568. The van der Waals surface area contributed by atoms with Crippen molar-refractivity contribution in [3.8, 4) is 0 Å². The molecule has 0 bridgehead atoms. The van der Waals surface area contributed by atoms with Crippen molar-refractivity contribution in [2.75, 3.05) is 11.9 Å². The maximum atomic E-state index is 11.5. The first-order valence-electron chi connectivity index (χ1n) is 6.63. The van der Waals surface area contributed by atoms with Crippen molar-refractivity contribution in [1.82, 2.24) is 10.2 Å². The van der Waals surface area contributed by atoms with Crippen molar-refractivity contribution >= 4 is 11.7 Å². The molecule has 0 spiro atoms. The predicted octanol–water partition coefficient (Wildman–Crippen LogP) is 2.82. The molecule has 20 heavy (non-hydrogen) atoms. The molecule has 1 aromatic carbocycles. The highest BCUT2D eigenvalue weighted by Crippen LogP contribution is 2.14. The highest BCUT2D eigenvalue weighted by atomic mass is 16.5. The van der Waals surface area contributed by atoms with Gasteiger partial charge in [-0.05, 0) is 45.0 Å². The molecule has 0 atom stereocenters. The Labute approximate surface area is 118 Å². The minimum absolute atomic E-state index is 0.291. The van der Waals surface area contributed by atoms with Crippen LogP contribution in [0.4, 0.5) is 5.69 Å². The van der Waals surface area contributed by atoms with Gasteiger partial charge >= 0.3 is 5.97 Å². The van der Waals surface area contributed by atoms with Gasteiger partial charge in [-0.15, -0.1) is 0 Å². The average Bonchev–Trinajstić information content (AvgIpc) is 2.77. The largest absolute Gasteiger partial charge is 0.462 e. The fourth-order valence-electron chi connectivity index (χ4n) is 1.96. The van der Waals surface area contributed by atoms with Gasteiger partial charge in [0, 0.05) is 23.5 Å². The van der Waals surface area contributed by atoms with Gasteiger partial charge in [0.2, 0.25) is 0 Å². The summed E-state index contributed by atoms with van der Waals surface area (Å²) in [5.74, 6) is -0.291. The van der Waals surface area contributed by atoms with Crippen molar-refractivity contribution in [2.24, 2.45) is 0 Å². The van der Waals surface area contributed by atoms with Crippen LogP contribution in [0.3, 0.4) is 0 Å². The summed E-state index contributed by atoms with van der Waals surface area (Å²) in [5, 5.41) is 10.4. The van der Waals surface area contributed by atoms with E-state index in [9.17, 15) is 4.79 Å². The van der Waals surface area contributed by atoms with E-state index in [1.165, 1.54) is 5.56 Å². The van der Waals surface area contributed by atoms with Crippen LogP contribution < -0.4 is 5.32 Å². The lowest BCUT2D eigenvalue weighted by Crippen LogP contribution is -2.05. The zero-order chi connectivity index (χ0) is 14.5. The lowest BCUT2D eigenvalue weighted by Gasteiger charge is -2.07. The second-order valence-electron chi connectivity index (χ2n) is 4.56. The minimum atomic E-state index is -0.291. The number of hydrogen-bond donors (Lipinski definition) is 2. The smallest absolute Gasteiger partial charge is 0.338 e. The summed E-state index contributed by atoms with van der Waals surface area (Å²) in [4.78, 5) is 11.5. The molecule has 0 aliphatic heterocycles. The molecule has 1 heterocycles. The number of esters is 1. The van der Waals surface area contributed by atoms with Crippen LogP contribution in [0.5, 0.6) is 0 Å². The van der Waals surface area contributed by atoms with E-state index in [0.29, 0.717) is 18.7 Å². The number of nitrogens with zero attached hydrogens (tertiary/aromatic N) is 1. The Kier molecular flexibility index (Phi) is 4.40. The summed E-state index contributed by atoms with van der Waals surface area (Å²) in [6.45, 7) is 6.86. The molecule has 0 fully saturated rings. The molecule has 2 N–H and O–H groups in total. The maximum absolute atomic E-state index is 11.5. The van der Waals surface area contributed by atoms with E-state index in [1.54, 1.807) is 19.1 Å². The molecule has 0 saturated heterocycles. The van der Waals surface area contributed by atoms with Crippen LogP contribution in [0.25, 0.3) is 0 Å². The van der Waals surface area contributed by atoms with Crippen LogP contribution >= 0.6 is 0 Å². The van der Waals surface area contributed by atoms with Crippen LogP contribution in [0, 0.1) is 13.8 Å². The third kappa shape index (κ3) is 3.17. The van der Waals surface area contributed by atoms with E-state index in [-0.39, 0.29) is 5.97 Å². The molecule has 2 aromatic rings. The number of carbonyl (C=O) groups excluding carboxylic acids is 1. The minimum Gasteiger partial charge on any atom is -0.462 e. The number of aromatic amines is 1. The number of aromatic nitrogens is 2. The van der Waals surface area contributed by atoms with Gasteiger partial charge < -0.3 is 10.1 Å². The second kappa shape index (κ2) is 6.23. The third-order valence-electron chi connectivity index (χ3n) is 3.15. The van der Waals surface area contributed by atoms with Gasteiger partial charge in [-0.25, -0.2) is 4.79 Å². The summed E-state index contributed by atoms with van der Waals surface area (Å²) in [6, 6.07) is 7.26. The molecule has 0 saturated carbocycles. The first-order valence-corrected chi connectivity index (χ1v) is 6.63. The van der Waals surface area contributed by atoms with Gasteiger partial charge in [0.15, 0.2) is 0 Å². The summed E-state index contributed by atoms with van der Waals surface area (Å²) in [7, 11) is 0. The number of carbonyl (C=O) groups is 1. The van der Waals surface area contributed by atoms with Gasteiger partial charge in [0.1, 0.15) is 0 Å². The van der Waals surface area contributed by atoms with Crippen LogP contribution in [0.2, 0.25) is 0 Å². The predicted molar refractivity (Wildman–Crippen MR) is 77.8 cm³/mol. The van der Waals surface area contributed by atoms with E-state index in [2.05, 4.69) is 15.5 Å². The molecule has 0 aliphatic rings.